The van der Waals surface area contributed by atoms with Crippen molar-refractivity contribution in [1.82, 2.24) is 0 Å². The quantitative estimate of drug-likeness (QED) is 0.630. The highest BCUT2D eigenvalue weighted by Crippen LogP contribution is 2.06. The summed E-state index contributed by atoms with van der Waals surface area (Å²) in [6.07, 6.45) is -0.647. The molecule has 0 aromatic rings. The SMILES string of the molecule is CC(C)C(C)OC(=O)[C@@H](N)CC(=O)O. The van der Waals surface area contributed by atoms with Gasteiger partial charge in [-0.2, -0.15) is 0 Å². The van der Waals surface area contributed by atoms with E-state index in [4.69, 9.17) is 15.6 Å². The Morgan fingerprint density at radius 3 is 2.21 bits per heavy atom. The van der Waals surface area contributed by atoms with E-state index in [1.807, 2.05) is 13.8 Å². The van der Waals surface area contributed by atoms with Crippen molar-refractivity contribution in [1.29, 1.82) is 0 Å². The largest absolute Gasteiger partial charge is 0.481 e. The van der Waals surface area contributed by atoms with Crippen molar-refractivity contribution in [2.45, 2.75) is 39.3 Å². The van der Waals surface area contributed by atoms with E-state index in [2.05, 4.69) is 0 Å². The van der Waals surface area contributed by atoms with Gasteiger partial charge in [0, 0.05) is 0 Å². The predicted molar refractivity (Wildman–Crippen MR) is 50.6 cm³/mol. The number of rotatable bonds is 5. The highest BCUT2D eigenvalue weighted by atomic mass is 16.5. The summed E-state index contributed by atoms with van der Waals surface area (Å²) in [5, 5.41) is 8.39. The molecule has 0 heterocycles. The Morgan fingerprint density at radius 2 is 1.86 bits per heavy atom. The van der Waals surface area contributed by atoms with Crippen LogP contribution in [0.4, 0.5) is 0 Å². The van der Waals surface area contributed by atoms with E-state index < -0.39 is 24.4 Å². The molecule has 0 spiro atoms. The first kappa shape index (κ1) is 12.9. The number of carbonyl (C=O) groups is 2. The van der Waals surface area contributed by atoms with Gasteiger partial charge in [-0.1, -0.05) is 13.8 Å². The van der Waals surface area contributed by atoms with Crippen LogP contribution in [0, 0.1) is 5.92 Å². The molecule has 0 aliphatic heterocycles. The summed E-state index contributed by atoms with van der Waals surface area (Å²) < 4.78 is 4.95. The van der Waals surface area contributed by atoms with E-state index in [1.165, 1.54) is 0 Å². The van der Waals surface area contributed by atoms with Gasteiger partial charge in [-0.15, -0.1) is 0 Å². The topological polar surface area (TPSA) is 89.6 Å². The summed E-state index contributed by atoms with van der Waals surface area (Å²) in [7, 11) is 0. The number of aliphatic carboxylic acids is 1. The molecule has 0 aliphatic rings. The van der Waals surface area contributed by atoms with Gasteiger partial charge in [0.1, 0.15) is 12.1 Å². The van der Waals surface area contributed by atoms with Crippen LogP contribution in [0.1, 0.15) is 27.2 Å². The van der Waals surface area contributed by atoms with E-state index >= 15 is 0 Å². The fourth-order valence-electron chi connectivity index (χ4n) is 0.678. The number of hydrogen-bond donors (Lipinski definition) is 2. The van der Waals surface area contributed by atoms with Crippen molar-refractivity contribution in [2.75, 3.05) is 0 Å². The molecule has 0 saturated carbocycles. The van der Waals surface area contributed by atoms with Crippen molar-refractivity contribution >= 4 is 11.9 Å². The van der Waals surface area contributed by atoms with Crippen molar-refractivity contribution in [3.8, 4) is 0 Å². The van der Waals surface area contributed by atoms with Gasteiger partial charge in [0.15, 0.2) is 0 Å². The minimum atomic E-state index is -1.10. The van der Waals surface area contributed by atoms with Crippen LogP contribution in [-0.4, -0.2) is 29.2 Å². The molecule has 2 atom stereocenters. The van der Waals surface area contributed by atoms with Crippen LogP contribution in [0.15, 0.2) is 0 Å². The molecule has 0 bridgehead atoms. The minimum absolute atomic E-state index is 0.191. The third kappa shape index (κ3) is 4.81. The number of ether oxygens (including phenoxy) is 1. The Hall–Kier alpha value is -1.10. The zero-order valence-electron chi connectivity index (χ0n) is 8.69. The zero-order chi connectivity index (χ0) is 11.3. The maximum atomic E-state index is 11.2. The van der Waals surface area contributed by atoms with Crippen molar-refractivity contribution in [2.24, 2.45) is 11.7 Å². The lowest BCUT2D eigenvalue weighted by Crippen LogP contribution is -2.37. The zero-order valence-corrected chi connectivity index (χ0v) is 8.69. The minimum Gasteiger partial charge on any atom is -0.481 e. The monoisotopic (exact) mass is 203 g/mol. The molecule has 1 unspecified atom stereocenters. The van der Waals surface area contributed by atoms with Gasteiger partial charge in [-0.05, 0) is 12.8 Å². The van der Waals surface area contributed by atoms with Crippen LogP contribution in [0.25, 0.3) is 0 Å². The predicted octanol–water partition coefficient (Wildman–Crippen LogP) is 0.376. The first-order chi connectivity index (χ1) is 6.34. The summed E-state index contributed by atoms with van der Waals surface area (Å²) in [6, 6.07) is -1.08. The normalized spacial score (nSPS) is 14.9. The fourth-order valence-corrected chi connectivity index (χ4v) is 0.678. The third-order valence-electron chi connectivity index (χ3n) is 1.94. The summed E-state index contributed by atoms with van der Waals surface area (Å²) in [4.78, 5) is 21.4. The molecule has 0 rings (SSSR count). The maximum absolute atomic E-state index is 11.2. The highest BCUT2D eigenvalue weighted by Gasteiger charge is 2.21. The molecule has 0 aromatic carbocycles. The summed E-state index contributed by atoms with van der Waals surface area (Å²) in [6.45, 7) is 5.55. The van der Waals surface area contributed by atoms with Gasteiger partial charge < -0.3 is 15.6 Å². The molecule has 0 aromatic heterocycles. The van der Waals surface area contributed by atoms with Crippen LogP contribution in [0.2, 0.25) is 0 Å². The maximum Gasteiger partial charge on any atom is 0.323 e. The number of carbonyl (C=O) groups excluding carboxylic acids is 1. The molecule has 0 amide bonds. The Morgan fingerprint density at radius 1 is 1.36 bits per heavy atom. The molecular formula is C9H17NO4. The number of carboxylic acids is 1. The van der Waals surface area contributed by atoms with Gasteiger partial charge in [-0.3, -0.25) is 9.59 Å². The van der Waals surface area contributed by atoms with E-state index in [9.17, 15) is 9.59 Å². The van der Waals surface area contributed by atoms with Crippen LogP contribution in [0.3, 0.4) is 0 Å². The van der Waals surface area contributed by atoms with Crippen molar-refractivity contribution in [3.05, 3.63) is 0 Å². The second kappa shape index (κ2) is 5.59. The summed E-state index contributed by atoms with van der Waals surface area (Å²) >= 11 is 0. The molecule has 0 saturated heterocycles. The Labute approximate surface area is 83.2 Å². The average Bonchev–Trinajstić information content (AvgIpc) is 2.02. The smallest absolute Gasteiger partial charge is 0.323 e. The Kier molecular flexibility index (Phi) is 5.15. The molecular weight excluding hydrogens is 186 g/mol. The third-order valence-corrected chi connectivity index (χ3v) is 1.94. The fraction of sp³-hybridized carbons (Fsp3) is 0.778. The molecule has 0 fully saturated rings. The molecule has 14 heavy (non-hydrogen) atoms. The van der Waals surface area contributed by atoms with Crippen LogP contribution in [0.5, 0.6) is 0 Å². The second-order valence-electron chi connectivity index (χ2n) is 3.59. The summed E-state index contributed by atoms with van der Waals surface area (Å²) in [5.74, 6) is -1.57. The van der Waals surface area contributed by atoms with Crippen molar-refractivity contribution in [3.63, 3.8) is 0 Å². The second-order valence-corrected chi connectivity index (χ2v) is 3.59. The van der Waals surface area contributed by atoms with Gasteiger partial charge >= 0.3 is 11.9 Å². The first-order valence-electron chi connectivity index (χ1n) is 4.52. The number of hydrogen-bond acceptors (Lipinski definition) is 4. The Balaban J connectivity index is 4.01. The van der Waals surface area contributed by atoms with E-state index in [1.54, 1.807) is 6.92 Å². The lowest BCUT2D eigenvalue weighted by Gasteiger charge is -2.18. The van der Waals surface area contributed by atoms with Gasteiger partial charge in [0.25, 0.3) is 0 Å². The Bertz CT molecular complexity index is 215. The number of nitrogens with two attached hydrogens (primary N) is 1. The molecule has 3 N–H and O–H groups in total. The molecule has 0 radical (unpaired) electrons. The molecule has 5 heteroatoms. The average molecular weight is 203 g/mol. The number of carboxylic acid groups (broad SMARTS) is 1. The standard InChI is InChI=1S/C9H17NO4/c1-5(2)6(3)14-9(13)7(10)4-8(11)12/h5-7H,4,10H2,1-3H3,(H,11,12)/t6?,7-/m0/s1. The number of esters is 1. The van der Waals surface area contributed by atoms with E-state index in [-0.39, 0.29) is 12.0 Å². The highest BCUT2D eigenvalue weighted by molar-refractivity contribution is 5.81. The van der Waals surface area contributed by atoms with E-state index in [0.717, 1.165) is 0 Å². The van der Waals surface area contributed by atoms with E-state index in [0.29, 0.717) is 0 Å². The summed E-state index contributed by atoms with van der Waals surface area (Å²) in [5.41, 5.74) is 5.31. The van der Waals surface area contributed by atoms with Crippen LogP contribution < -0.4 is 5.73 Å². The van der Waals surface area contributed by atoms with Gasteiger partial charge in [0.05, 0.1) is 6.42 Å². The van der Waals surface area contributed by atoms with Crippen molar-refractivity contribution < 1.29 is 19.4 Å². The molecule has 5 nitrogen and oxygen atoms in total. The molecule has 82 valence electrons. The van der Waals surface area contributed by atoms with Crippen LogP contribution >= 0.6 is 0 Å². The lowest BCUT2D eigenvalue weighted by molar-refractivity contribution is -0.154. The molecule has 0 aliphatic carbocycles. The first-order valence-corrected chi connectivity index (χ1v) is 4.52. The van der Waals surface area contributed by atoms with Crippen LogP contribution in [-0.2, 0) is 14.3 Å². The van der Waals surface area contributed by atoms with Gasteiger partial charge in [-0.25, -0.2) is 0 Å². The van der Waals surface area contributed by atoms with Gasteiger partial charge in [0.2, 0.25) is 0 Å². The lowest BCUT2D eigenvalue weighted by atomic mass is 10.1.